The van der Waals surface area contributed by atoms with Crippen LogP contribution in [0.15, 0.2) is 71.1 Å². The lowest BCUT2D eigenvalue weighted by molar-refractivity contribution is 0.0977. The number of carbonyl (C=O) groups excluding carboxylic acids is 1. The number of benzene rings is 3. The maximum Gasteiger partial charge on any atom is 0.257 e. The lowest BCUT2D eigenvalue weighted by Crippen LogP contribution is -2.34. The van der Waals surface area contributed by atoms with Crippen LogP contribution in [0.2, 0.25) is 0 Å². The van der Waals surface area contributed by atoms with Crippen LogP contribution in [0.3, 0.4) is 0 Å². The number of hydrogen-bond acceptors (Lipinski definition) is 4. The lowest BCUT2D eigenvalue weighted by atomic mass is 10.0. The Morgan fingerprint density at radius 2 is 1.84 bits per heavy atom. The van der Waals surface area contributed by atoms with Gasteiger partial charge < -0.3 is 9.73 Å². The Balaban J connectivity index is 1.44. The zero-order valence-corrected chi connectivity index (χ0v) is 17.8. The maximum absolute atomic E-state index is 13.3. The van der Waals surface area contributed by atoms with Crippen LogP contribution in [0.25, 0.3) is 22.6 Å². The molecule has 0 saturated heterocycles. The molecular formula is C24H20FN3O2S. The van der Waals surface area contributed by atoms with Gasteiger partial charge in [-0.2, -0.15) is 0 Å². The van der Waals surface area contributed by atoms with E-state index in [1.807, 2.05) is 42.5 Å². The Hall–Kier alpha value is -3.58. The third kappa shape index (κ3) is 4.78. The molecule has 1 amide bonds. The van der Waals surface area contributed by atoms with E-state index in [0.717, 1.165) is 22.7 Å². The number of hydrogen-bond donors (Lipinski definition) is 2. The minimum Gasteiger partial charge on any atom is -0.436 e. The van der Waals surface area contributed by atoms with Gasteiger partial charge in [0, 0.05) is 16.8 Å². The predicted molar refractivity (Wildman–Crippen MR) is 124 cm³/mol. The molecule has 0 aliphatic rings. The van der Waals surface area contributed by atoms with Crippen LogP contribution in [0.1, 0.15) is 35.7 Å². The van der Waals surface area contributed by atoms with Crippen LogP contribution >= 0.6 is 12.2 Å². The molecule has 156 valence electrons. The zero-order valence-electron chi connectivity index (χ0n) is 17.0. The average molecular weight is 434 g/mol. The number of thiocarbonyl (C=S) groups is 1. The monoisotopic (exact) mass is 433 g/mol. The molecule has 0 fully saturated rings. The number of nitrogens with one attached hydrogen (secondary N) is 2. The van der Waals surface area contributed by atoms with E-state index in [2.05, 4.69) is 29.5 Å². The van der Waals surface area contributed by atoms with Gasteiger partial charge in [-0.1, -0.05) is 26.0 Å². The molecule has 1 aromatic heterocycles. The van der Waals surface area contributed by atoms with Gasteiger partial charge in [0.15, 0.2) is 10.7 Å². The minimum absolute atomic E-state index is 0.116. The van der Waals surface area contributed by atoms with Crippen molar-refractivity contribution in [1.29, 1.82) is 0 Å². The summed E-state index contributed by atoms with van der Waals surface area (Å²) in [6.07, 6.45) is 0. The molecule has 4 aromatic rings. The van der Waals surface area contributed by atoms with Gasteiger partial charge in [-0.15, -0.1) is 0 Å². The first kappa shape index (κ1) is 20.7. The van der Waals surface area contributed by atoms with Crippen molar-refractivity contribution in [3.63, 3.8) is 0 Å². The average Bonchev–Trinajstić information content (AvgIpc) is 3.17. The number of halogens is 1. The summed E-state index contributed by atoms with van der Waals surface area (Å²) in [6.45, 7) is 4.28. The van der Waals surface area contributed by atoms with Gasteiger partial charge >= 0.3 is 0 Å². The maximum atomic E-state index is 13.3. The Morgan fingerprint density at radius 3 is 2.55 bits per heavy atom. The van der Waals surface area contributed by atoms with Gasteiger partial charge in [-0.3, -0.25) is 10.1 Å². The fraction of sp³-hybridized carbons (Fsp3) is 0.125. The van der Waals surface area contributed by atoms with Gasteiger partial charge in [0.25, 0.3) is 5.91 Å². The first-order valence-corrected chi connectivity index (χ1v) is 10.2. The number of oxazole rings is 1. The van der Waals surface area contributed by atoms with E-state index in [1.165, 1.54) is 23.8 Å². The van der Waals surface area contributed by atoms with E-state index in [0.29, 0.717) is 17.5 Å². The van der Waals surface area contributed by atoms with Crippen molar-refractivity contribution in [2.45, 2.75) is 19.8 Å². The molecule has 0 spiro atoms. The molecule has 0 radical (unpaired) electrons. The molecule has 31 heavy (non-hydrogen) atoms. The van der Waals surface area contributed by atoms with Crippen LogP contribution in [0, 0.1) is 5.82 Å². The summed E-state index contributed by atoms with van der Waals surface area (Å²) in [5, 5.41) is 5.59. The summed E-state index contributed by atoms with van der Waals surface area (Å²) >= 11 is 5.18. The van der Waals surface area contributed by atoms with Crippen molar-refractivity contribution < 1.29 is 13.6 Å². The number of amides is 1. The summed E-state index contributed by atoms with van der Waals surface area (Å²) in [6, 6.07) is 18.8. The number of nitrogens with zero attached hydrogens (tertiary/aromatic N) is 1. The Kier molecular flexibility index (Phi) is 5.77. The third-order valence-electron chi connectivity index (χ3n) is 4.78. The largest absolute Gasteiger partial charge is 0.436 e. The second-order valence-corrected chi connectivity index (χ2v) is 7.81. The van der Waals surface area contributed by atoms with Crippen LogP contribution in [-0.4, -0.2) is 16.0 Å². The Bertz CT molecular complexity index is 1270. The fourth-order valence-corrected chi connectivity index (χ4v) is 3.30. The summed E-state index contributed by atoms with van der Waals surface area (Å²) in [5.74, 6) is -0.0211. The quantitative estimate of drug-likeness (QED) is 0.393. The molecule has 1 heterocycles. The van der Waals surface area contributed by atoms with Gasteiger partial charge in [0.05, 0.1) is 0 Å². The zero-order chi connectivity index (χ0) is 22.0. The molecular weight excluding hydrogens is 413 g/mol. The molecule has 0 atom stereocenters. The SMILES string of the molecule is CC(C)c1ccc2oc(-c3ccc(NC(=S)NC(=O)c4cccc(F)c4)cc3)nc2c1. The van der Waals surface area contributed by atoms with Crippen LogP contribution < -0.4 is 10.6 Å². The number of aromatic nitrogens is 1. The summed E-state index contributed by atoms with van der Waals surface area (Å²) in [7, 11) is 0. The molecule has 0 aliphatic heterocycles. The second kappa shape index (κ2) is 8.65. The number of fused-ring (bicyclic) bond motifs is 1. The first-order valence-electron chi connectivity index (χ1n) is 9.78. The van der Waals surface area contributed by atoms with Crippen LogP contribution in [-0.2, 0) is 0 Å². The van der Waals surface area contributed by atoms with Crippen molar-refractivity contribution in [2.75, 3.05) is 5.32 Å². The summed E-state index contributed by atoms with van der Waals surface area (Å²) in [5.41, 5.74) is 4.47. The normalized spacial score (nSPS) is 11.0. The molecule has 7 heteroatoms. The topological polar surface area (TPSA) is 67.2 Å². The van der Waals surface area contributed by atoms with E-state index in [9.17, 15) is 9.18 Å². The van der Waals surface area contributed by atoms with E-state index < -0.39 is 11.7 Å². The molecule has 2 N–H and O–H groups in total. The molecule has 4 rings (SSSR count). The molecule has 0 bridgehead atoms. The van der Waals surface area contributed by atoms with E-state index in [-0.39, 0.29) is 10.7 Å². The highest BCUT2D eigenvalue weighted by Crippen LogP contribution is 2.27. The van der Waals surface area contributed by atoms with E-state index in [1.54, 1.807) is 0 Å². The standard InChI is InChI=1S/C24H20FN3O2S/c1-14(2)16-8-11-21-20(13-16)27-23(30-21)15-6-9-19(10-7-15)26-24(31)28-22(29)17-4-3-5-18(25)12-17/h3-14H,1-2H3,(H2,26,28,29,31). The van der Waals surface area contributed by atoms with Crippen molar-refractivity contribution in [3.05, 3.63) is 83.7 Å². The first-order chi connectivity index (χ1) is 14.9. The van der Waals surface area contributed by atoms with Crippen molar-refractivity contribution >= 4 is 40.0 Å². The van der Waals surface area contributed by atoms with Crippen molar-refractivity contribution in [1.82, 2.24) is 10.3 Å². The second-order valence-electron chi connectivity index (χ2n) is 7.40. The molecule has 0 saturated carbocycles. The van der Waals surface area contributed by atoms with Gasteiger partial charge in [0.2, 0.25) is 5.89 Å². The molecule has 5 nitrogen and oxygen atoms in total. The van der Waals surface area contributed by atoms with Gasteiger partial charge in [0.1, 0.15) is 11.3 Å². The number of carbonyl (C=O) groups is 1. The Labute approximate surface area is 184 Å². The number of anilines is 1. The van der Waals surface area contributed by atoms with Gasteiger partial charge in [-0.05, 0) is 78.3 Å². The summed E-state index contributed by atoms with van der Waals surface area (Å²) < 4.78 is 19.1. The molecule has 3 aromatic carbocycles. The Morgan fingerprint density at radius 1 is 1.06 bits per heavy atom. The van der Waals surface area contributed by atoms with Crippen molar-refractivity contribution in [3.8, 4) is 11.5 Å². The van der Waals surface area contributed by atoms with Crippen molar-refractivity contribution in [2.24, 2.45) is 0 Å². The highest BCUT2D eigenvalue weighted by molar-refractivity contribution is 7.80. The predicted octanol–water partition coefficient (Wildman–Crippen LogP) is 5.88. The van der Waals surface area contributed by atoms with Crippen LogP contribution in [0.5, 0.6) is 0 Å². The fourth-order valence-electron chi connectivity index (χ4n) is 3.09. The van der Waals surface area contributed by atoms with Gasteiger partial charge in [-0.25, -0.2) is 9.37 Å². The highest BCUT2D eigenvalue weighted by atomic mass is 32.1. The third-order valence-corrected chi connectivity index (χ3v) is 4.99. The smallest absolute Gasteiger partial charge is 0.257 e. The van der Waals surface area contributed by atoms with Crippen LogP contribution in [0.4, 0.5) is 10.1 Å². The highest BCUT2D eigenvalue weighted by Gasteiger charge is 2.11. The number of rotatable bonds is 4. The molecule has 0 aliphatic carbocycles. The minimum atomic E-state index is -0.485. The summed E-state index contributed by atoms with van der Waals surface area (Å²) in [4.78, 5) is 16.8. The van der Waals surface area contributed by atoms with E-state index >= 15 is 0 Å². The lowest BCUT2D eigenvalue weighted by Gasteiger charge is -2.10. The molecule has 0 unspecified atom stereocenters. The van der Waals surface area contributed by atoms with E-state index in [4.69, 9.17) is 16.6 Å².